The van der Waals surface area contributed by atoms with E-state index < -0.39 is 0 Å². The van der Waals surface area contributed by atoms with Crippen LogP contribution in [0.3, 0.4) is 0 Å². The Labute approximate surface area is 171 Å². The molecule has 0 unspecified atom stereocenters. The Kier molecular flexibility index (Phi) is 9.54. The van der Waals surface area contributed by atoms with Crippen LogP contribution < -0.4 is 10.2 Å². The zero-order valence-corrected chi connectivity index (χ0v) is 17.9. The van der Waals surface area contributed by atoms with Crippen molar-refractivity contribution in [3.8, 4) is 0 Å². The van der Waals surface area contributed by atoms with Crippen molar-refractivity contribution in [2.45, 2.75) is 26.2 Å². The maximum absolute atomic E-state index is 13.1. The lowest BCUT2D eigenvalue weighted by Gasteiger charge is -2.42. The molecule has 2 fully saturated rings. The van der Waals surface area contributed by atoms with E-state index in [0.717, 1.165) is 69.5 Å². The van der Waals surface area contributed by atoms with Crippen LogP contribution in [0.1, 0.15) is 25.6 Å². The number of halogens is 2. The molecule has 26 heavy (non-hydrogen) atoms. The molecule has 0 saturated carbocycles. The number of carbonyl (C=O) groups is 1. The van der Waals surface area contributed by atoms with Gasteiger partial charge in [-0.3, -0.25) is 4.79 Å². The quantitative estimate of drug-likeness (QED) is 0.772. The summed E-state index contributed by atoms with van der Waals surface area (Å²) in [7, 11) is 1.69. The first-order valence-corrected chi connectivity index (χ1v) is 9.52. The molecule has 7 nitrogen and oxygen atoms in total. The molecule has 0 atom stereocenters. The highest BCUT2D eigenvalue weighted by molar-refractivity contribution is 7.09. The summed E-state index contributed by atoms with van der Waals surface area (Å²) in [4.78, 5) is 21.9. The molecule has 1 aromatic rings. The third-order valence-corrected chi connectivity index (χ3v) is 5.86. The van der Waals surface area contributed by atoms with Gasteiger partial charge in [0.25, 0.3) is 0 Å². The molecule has 0 aliphatic carbocycles. The highest BCUT2D eigenvalue weighted by Crippen LogP contribution is 2.32. The zero-order valence-electron chi connectivity index (χ0n) is 15.4. The number of aromatic nitrogens is 2. The fraction of sp³-hybridized carbons (Fsp3) is 0.812. The molecule has 1 N–H and O–H groups in total. The van der Waals surface area contributed by atoms with Gasteiger partial charge in [0.2, 0.25) is 11.0 Å². The summed E-state index contributed by atoms with van der Waals surface area (Å²) in [5, 5.41) is 4.32. The van der Waals surface area contributed by atoms with Crippen LogP contribution in [0.4, 0.5) is 5.13 Å². The molecule has 1 amide bonds. The third kappa shape index (κ3) is 4.98. The predicted octanol–water partition coefficient (Wildman–Crippen LogP) is 1.61. The van der Waals surface area contributed by atoms with Gasteiger partial charge in [0.1, 0.15) is 5.82 Å². The molecule has 10 heteroatoms. The summed E-state index contributed by atoms with van der Waals surface area (Å²) in [6.45, 7) is 7.51. The normalized spacial score (nSPS) is 19.5. The summed E-state index contributed by atoms with van der Waals surface area (Å²) in [6, 6.07) is 0. The minimum absolute atomic E-state index is 0. The van der Waals surface area contributed by atoms with E-state index in [1.807, 2.05) is 4.90 Å². The van der Waals surface area contributed by atoms with Crippen molar-refractivity contribution in [1.29, 1.82) is 0 Å². The molecule has 150 valence electrons. The van der Waals surface area contributed by atoms with Crippen molar-refractivity contribution >= 4 is 47.4 Å². The number of piperazine rings is 1. The van der Waals surface area contributed by atoms with Gasteiger partial charge >= 0.3 is 0 Å². The van der Waals surface area contributed by atoms with Crippen molar-refractivity contribution in [2.24, 2.45) is 5.41 Å². The van der Waals surface area contributed by atoms with Gasteiger partial charge in [-0.05, 0) is 25.9 Å². The summed E-state index contributed by atoms with van der Waals surface area (Å²) in [5.41, 5.74) is -0.347. The molecule has 0 bridgehead atoms. The van der Waals surface area contributed by atoms with Gasteiger partial charge in [0.05, 0.1) is 12.0 Å². The minimum Gasteiger partial charge on any atom is -0.384 e. The Balaban J connectivity index is 0.00000169. The van der Waals surface area contributed by atoms with Gasteiger partial charge in [0.15, 0.2) is 0 Å². The minimum atomic E-state index is -0.347. The van der Waals surface area contributed by atoms with Gasteiger partial charge in [0, 0.05) is 51.2 Å². The van der Waals surface area contributed by atoms with Crippen molar-refractivity contribution < 1.29 is 9.53 Å². The standard InChI is InChI=1S/C16H27N5O2S.2ClH/c1-3-13-18-15(24-19-13)21-10-8-20(9-11-21)14(22)16(12-23-2)4-6-17-7-5-16;;/h17H,3-12H2,1-2H3;2*1H. The van der Waals surface area contributed by atoms with E-state index in [4.69, 9.17) is 4.74 Å². The van der Waals surface area contributed by atoms with Crippen LogP contribution in [-0.2, 0) is 16.0 Å². The first kappa shape index (κ1) is 23.4. The third-order valence-electron chi connectivity index (χ3n) is 5.05. The number of piperidine rings is 1. The smallest absolute Gasteiger partial charge is 0.231 e. The van der Waals surface area contributed by atoms with Crippen LogP contribution in [0.25, 0.3) is 0 Å². The van der Waals surface area contributed by atoms with Crippen LogP contribution >= 0.6 is 36.3 Å². The van der Waals surface area contributed by atoms with E-state index in [1.54, 1.807) is 7.11 Å². The molecular formula is C16H29Cl2N5O2S. The first-order valence-electron chi connectivity index (χ1n) is 8.75. The number of nitrogens with one attached hydrogen (secondary N) is 1. The maximum Gasteiger partial charge on any atom is 0.231 e. The number of aryl methyl sites for hydroxylation is 1. The van der Waals surface area contributed by atoms with Gasteiger partial charge in [-0.25, -0.2) is 4.98 Å². The number of amides is 1. The average molecular weight is 426 g/mol. The fourth-order valence-electron chi connectivity index (χ4n) is 3.55. The average Bonchev–Trinajstić information content (AvgIpc) is 3.11. The van der Waals surface area contributed by atoms with Crippen molar-refractivity contribution in [3.63, 3.8) is 0 Å². The molecule has 2 aliphatic rings. The Morgan fingerprint density at radius 2 is 1.88 bits per heavy atom. The number of methoxy groups -OCH3 is 1. The largest absolute Gasteiger partial charge is 0.384 e. The second kappa shape index (κ2) is 10.6. The van der Waals surface area contributed by atoms with Crippen LogP contribution in [0.5, 0.6) is 0 Å². The summed E-state index contributed by atoms with van der Waals surface area (Å²) < 4.78 is 9.76. The van der Waals surface area contributed by atoms with Gasteiger partial charge in [-0.15, -0.1) is 24.8 Å². The van der Waals surface area contributed by atoms with E-state index in [0.29, 0.717) is 6.61 Å². The summed E-state index contributed by atoms with van der Waals surface area (Å²) >= 11 is 1.46. The van der Waals surface area contributed by atoms with Crippen molar-refractivity contribution in [3.05, 3.63) is 5.82 Å². The highest BCUT2D eigenvalue weighted by atomic mass is 35.5. The lowest BCUT2D eigenvalue weighted by atomic mass is 9.78. The van der Waals surface area contributed by atoms with E-state index >= 15 is 0 Å². The van der Waals surface area contributed by atoms with E-state index in [-0.39, 0.29) is 36.1 Å². The summed E-state index contributed by atoms with van der Waals surface area (Å²) in [6.07, 6.45) is 2.58. The molecule has 2 aliphatic heterocycles. The SMILES string of the molecule is CCc1nsc(N2CCN(C(=O)C3(COC)CCNCC3)CC2)n1.Cl.Cl. The summed E-state index contributed by atoms with van der Waals surface area (Å²) in [5.74, 6) is 1.17. The molecule has 3 heterocycles. The lowest BCUT2D eigenvalue weighted by molar-refractivity contribution is -0.147. The van der Waals surface area contributed by atoms with Crippen molar-refractivity contribution in [2.75, 3.05) is 57.9 Å². The lowest BCUT2D eigenvalue weighted by Crippen LogP contribution is -2.56. The zero-order chi connectivity index (χ0) is 17.0. The van der Waals surface area contributed by atoms with Crippen LogP contribution in [0.15, 0.2) is 0 Å². The number of rotatable bonds is 5. The molecule has 2 saturated heterocycles. The number of carbonyl (C=O) groups excluding carboxylic acids is 1. The number of nitrogens with zero attached hydrogens (tertiary/aromatic N) is 4. The van der Waals surface area contributed by atoms with Crippen molar-refractivity contribution in [1.82, 2.24) is 19.6 Å². The Bertz CT molecular complexity index is 555. The van der Waals surface area contributed by atoms with Crippen LogP contribution in [0, 0.1) is 5.41 Å². The monoisotopic (exact) mass is 425 g/mol. The maximum atomic E-state index is 13.1. The molecule has 0 aromatic carbocycles. The number of ether oxygens (including phenoxy) is 1. The molecule has 0 spiro atoms. The topological polar surface area (TPSA) is 70.6 Å². The predicted molar refractivity (Wildman–Crippen MR) is 109 cm³/mol. The van der Waals surface area contributed by atoms with Gasteiger partial charge in [-0.1, -0.05) is 6.92 Å². The number of hydrogen-bond acceptors (Lipinski definition) is 7. The molecular weight excluding hydrogens is 397 g/mol. The number of anilines is 1. The molecule has 0 radical (unpaired) electrons. The van der Waals surface area contributed by atoms with Crippen LogP contribution in [0.2, 0.25) is 0 Å². The Hall–Kier alpha value is -0.670. The van der Waals surface area contributed by atoms with E-state index in [2.05, 4.69) is 26.5 Å². The van der Waals surface area contributed by atoms with Crippen LogP contribution in [-0.4, -0.2) is 73.1 Å². The van der Waals surface area contributed by atoms with E-state index in [9.17, 15) is 4.79 Å². The molecule has 1 aromatic heterocycles. The van der Waals surface area contributed by atoms with E-state index in [1.165, 1.54) is 11.5 Å². The second-order valence-electron chi connectivity index (χ2n) is 6.59. The first-order chi connectivity index (χ1) is 11.7. The van der Waals surface area contributed by atoms with Gasteiger partial charge < -0.3 is 19.9 Å². The Morgan fingerprint density at radius 1 is 1.23 bits per heavy atom. The van der Waals surface area contributed by atoms with Gasteiger partial charge in [-0.2, -0.15) is 4.37 Å². The fourth-order valence-corrected chi connectivity index (χ4v) is 4.36. The number of hydrogen-bond donors (Lipinski definition) is 1. The Morgan fingerprint density at radius 3 is 2.42 bits per heavy atom. The molecule has 3 rings (SSSR count). The highest BCUT2D eigenvalue weighted by Gasteiger charge is 2.42. The second-order valence-corrected chi connectivity index (χ2v) is 7.32.